The van der Waals surface area contributed by atoms with Crippen molar-refractivity contribution >= 4 is 23.2 Å². The summed E-state index contributed by atoms with van der Waals surface area (Å²) in [6.07, 6.45) is 0.837. The minimum absolute atomic E-state index is 0.128. The molecule has 1 aromatic rings. The van der Waals surface area contributed by atoms with Crippen LogP contribution in [0, 0.1) is 0 Å². The van der Waals surface area contributed by atoms with E-state index in [2.05, 4.69) is 12.2 Å². The zero-order valence-corrected chi connectivity index (χ0v) is 12.8. The van der Waals surface area contributed by atoms with E-state index in [0.29, 0.717) is 10.7 Å². The second-order valence-corrected chi connectivity index (χ2v) is 4.93. The highest BCUT2D eigenvalue weighted by molar-refractivity contribution is 6.32. The molecule has 0 aromatic heterocycles. The first-order valence-electron chi connectivity index (χ1n) is 6.23. The summed E-state index contributed by atoms with van der Waals surface area (Å²) >= 11 is 6.29. The molecular weight excluding hydrogens is 262 g/mol. The van der Waals surface area contributed by atoms with E-state index < -0.39 is 0 Å². The largest absolute Gasteiger partial charge is 0.496 e. The third kappa shape index (κ3) is 3.51. The highest BCUT2D eigenvalue weighted by Gasteiger charge is 2.18. The predicted molar refractivity (Wildman–Crippen MR) is 79.5 cm³/mol. The fraction of sp³-hybridized carbons (Fsp3) is 0.400. The van der Waals surface area contributed by atoms with Crippen LogP contribution in [-0.2, 0) is 11.2 Å². The van der Waals surface area contributed by atoms with E-state index in [-0.39, 0.29) is 5.91 Å². The molecule has 3 nitrogen and oxygen atoms in total. The number of hydrogen-bond donors (Lipinski definition) is 1. The van der Waals surface area contributed by atoms with Gasteiger partial charge in [0.15, 0.2) is 0 Å². The van der Waals surface area contributed by atoms with Gasteiger partial charge >= 0.3 is 0 Å². The molecule has 19 heavy (non-hydrogen) atoms. The molecule has 0 spiro atoms. The van der Waals surface area contributed by atoms with Gasteiger partial charge in [-0.1, -0.05) is 30.2 Å². The average molecular weight is 282 g/mol. The van der Waals surface area contributed by atoms with Crippen LogP contribution >= 0.6 is 11.6 Å². The Morgan fingerprint density at radius 2 is 1.95 bits per heavy atom. The van der Waals surface area contributed by atoms with Crippen LogP contribution in [0.2, 0.25) is 5.02 Å². The van der Waals surface area contributed by atoms with E-state index in [0.717, 1.165) is 28.9 Å². The molecule has 0 heterocycles. The molecule has 0 aliphatic carbocycles. The third-order valence-electron chi connectivity index (χ3n) is 2.82. The minimum atomic E-state index is -0.128. The lowest BCUT2D eigenvalue weighted by atomic mass is 10.0. The van der Waals surface area contributed by atoms with E-state index in [9.17, 15) is 4.79 Å². The number of carbonyl (C=O) groups is 1. The Kier molecular flexibility index (Phi) is 5.43. The summed E-state index contributed by atoms with van der Waals surface area (Å²) < 4.78 is 5.49. The van der Waals surface area contributed by atoms with Gasteiger partial charge in [0.05, 0.1) is 23.4 Å². The van der Waals surface area contributed by atoms with Crippen molar-refractivity contribution in [2.45, 2.75) is 34.1 Å². The first-order chi connectivity index (χ1) is 8.92. The Balaban J connectivity index is 3.54. The predicted octanol–water partition coefficient (Wildman–Crippen LogP) is 3.80. The number of halogens is 1. The molecule has 4 heteroatoms. The highest BCUT2D eigenvalue weighted by atomic mass is 35.5. The van der Waals surface area contributed by atoms with Crippen LogP contribution in [0.15, 0.2) is 17.7 Å². The van der Waals surface area contributed by atoms with Crippen LogP contribution in [0.4, 0.5) is 0 Å². The van der Waals surface area contributed by atoms with Crippen LogP contribution in [-0.4, -0.2) is 13.0 Å². The molecule has 0 aliphatic heterocycles. The van der Waals surface area contributed by atoms with Crippen molar-refractivity contribution in [2.24, 2.45) is 0 Å². The Hall–Kier alpha value is -1.48. The average Bonchev–Trinajstić information content (AvgIpc) is 2.35. The van der Waals surface area contributed by atoms with E-state index in [1.54, 1.807) is 7.11 Å². The maximum atomic E-state index is 11.4. The topological polar surface area (TPSA) is 38.3 Å². The highest BCUT2D eigenvalue weighted by Crippen LogP contribution is 2.36. The normalized spacial score (nSPS) is 10.0. The molecule has 1 N–H and O–H groups in total. The van der Waals surface area contributed by atoms with Crippen molar-refractivity contribution in [3.63, 3.8) is 0 Å². The van der Waals surface area contributed by atoms with Crippen LogP contribution < -0.4 is 10.1 Å². The number of allylic oxidation sites excluding steroid dienone is 1. The Bertz CT molecular complexity index is 517. The molecule has 1 rings (SSSR count). The summed E-state index contributed by atoms with van der Waals surface area (Å²) in [6.45, 7) is 7.39. The second-order valence-electron chi connectivity index (χ2n) is 4.52. The molecule has 1 aromatic carbocycles. The monoisotopic (exact) mass is 281 g/mol. The fourth-order valence-corrected chi connectivity index (χ4v) is 2.20. The Morgan fingerprint density at radius 3 is 2.37 bits per heavy atom. The molecule has 1 amide bonds. The molecular formula is C15H20ClNO2. The zero-order valence-electron chi connectivity index (χ0n) is 12.1. The summed E-state index contributed by atoms with van der Waals surface area (Å²) in [4.78, 5) is 11.4. The van der Waals surface area contributed by atoms with Gasteiger partial charge in [0.25, 0.3) is 0 Å². The molecule has 0 bridgehead atoms. The lowest BCUT2D eigenvalue weighted by Gasteiger charge is -2.18. The lowest BCUT2D eigenvalue weighted by molar-refractivity contribution is -0.117. The lowest BCUT2D eigenvalue weighted by Crippen LogP contribution is -2.20. The maximum Gasteiger partial charge on any atom is 0.221 e. The van der Waals surface area contributed by atoms with Crippen molar-refractivity contribution in [2.75, 3.05) is 7.11 Å². The number of methoxy groups -OCH3 is 1. The maximum absolute atomic E-state index is 11.4. The molecule has 0 saturated heterocycles. The zero-order chi connectivity index (χ0) is 14.6. The Labute approximate surface area is 119 Å². The fourth-order valence-electron chi connectivity index (χ4n) is 1.96. The summed E-state index contributed by atoms with van der Waals surface area (Å²) in [7, 11) is 1.62. The SMILES string of the molecule is CCc1ccc(Cl)c(C(NC(C)=O)=C(C)C)c1OC. The van der Waals surface area contributed by atoms with Crippen molar-refractivity contribution in [3.8, 4) is 5.75 Å². The van der Waals surface area contributed by atoms with Gasteiger partial charge in [-0.05, 0) is 31.9 Å². The first kappa shape index (κ1) is 15.6. The van der Waals surface area contributed by atoms with Gasteiger partial charge in [-0.2, -0.15) is 0 Å². The van der Waals surface area contributed by atoms with Crippen LogP contribution in [0.25, 0.3) is 5.70 Å². The van der Waals surface area contributed by atoms with Crippen molar-refractivity contribution in [3.05, 3.63) is 33.9 Å². The molecule has 0 radical (unpaired) electrons. The van der Waals surface area contributed by atoms with E-state index in [4.69, 9.17) is 16.3 Å². The standard InChI is InChI=1S/C15H20ClNO2/c1-6-11-7-8-12(16)13(15(11)19-5)14(9(2)3)17-10(4)18/h7-8H,6H2,1-5H3,(H,17,18). The molecule has 0 atom stereocenters. The summed E-state index contributed by atoms with van der Waals surface area (Å²) in [5.74, 6) is 0.594. The second kappa shape index (κ2) is 6.62. The van der Waals surface area contributed by atoms with Crippen molar-refractivity contribution in [1.82, 2.24) is 5.32 Å². The van der Waals surface area contributed by atoms with E-state index in [1.165, 1.54) is 6.92 Å². The first-order valence-corrected chi connectivity index (χ1v) is 6.60. The minimum Gasteiger partial charge on any atom is -0.496 e. The number of hydrogen-bond acceptors (Lipinski definition) is 2. The molecule has 0 fully saturated rings. The van der Waals surface area contributed by atoms with Crippen LogP contribution in [0.1, 0.15) is 38.8 Å². The third-order valence-corrected chi connectivity index (χ3v) is 3.14. The molecule has 0 saturated carbocycles. The number of benzene rings is 1. The summed E-state index contributed by atoms with van der Waals surface area (Å²) in [6, 6.07) is 3.78. The quantitative estimate of drug-likeness (QED) is 0.912. The van der Waals surface area contributed by atoms with Gasteiger partial charge in [-0.15, -0.1) is 0 Å². The van der Waals surface area contributed by atoms with E-state index in [1.807, 2.05) is 26.0 Å². The van der Waals surface area contributed by atoms with Gasteiger partial charge in [-0.25, -0.2) is 0 Å². The number of amides is 1. The smallest absolute Gasteiger partial charge is 0.221 e. The summed E-state index contributed by atoms with van der Waals surface area (Å²) in [5.41, 5.74) is 3.50. The number of nitrogens with one attached hydrogen (secondary N) is 1. The Morgan fingerprint density at radius 1 is 1.32 bits per heavy atom. The van der Waals surface area contributed by atoms with Crippen molar-refractivity contribution in [1.29, 1.82) is 0 Å². The van der Waals surface area contributed by atoms with Gasteiger partial charge in [0.1, 0.15) is 5.75 Å². The van der Waals surface area contributed by atoms with Gasteiger partial charge < -0.3 is 10.1 Å². The number of ether oxygens (including phenoxy) is 1. The molecule has 0 unspecified atom stereocenters. The van der Waals surface area contributed by atoms with Gasteiger partial charge in [0.2, 0.25) is 5.91 Å². The van der Waals surface area contributed by atoms with Gasteiger partial charge in [-0.3, -0.25) is 4.79 Å². The van der Waals surface area contributed by atoms with Crippen molar-refractivity contribution < 1.29 is 9.53 Å². The number of carbonyl (C=O) groups excluding carboxylic acids is 1. The number of aryl methyl sites for hydroxylation is 1. The van der Waals surface area contributed by atoms with Crippen LogP contribution in [0.3, 0.4) is 0 Å². The molecule has 0 aliphatic rings. The number of rotatable bonds is 4. The van der Waals surface area contributed by atoms with Gasteiger partial charge in [0, 0.05) is 6.92 Å². The molecule has 104 valence electrons. The summed E-state index contributed by atoms with van der Waals surface area (Å²) in [5, 5.41) is 3.41. The van der Waals surface area contributed by atoms with E-state index >= 15 is 0 Å². The van der Waals surface area contributed by atoms with Crippen LogP contribution in [0.5, 0.6) is 5.75 Å².